The number of carbonyl (C=O) groups excluding carboxylic acids is 1. The fourth-order valence-electron chi connectivity index (χ4n) is 2.31. The van der Waals surface area contributed by atoms with Crippen molar-refractivity contribution in [1.82, 2.24) is 10.2 Å². The summed E-state index contributed by atoms with van der Waals surface area (Å²) in [5, 5.41) is 2.85. The van der Waals surface area contributed by atoms with Crippen LogP contribution in [0.1, 0.15) is 23.6 Å². The Hall–Kier alpha value is -1.03. The van der Waals surface area contributed by atoms with E-state index in [4.69, 9.17) is 0 Å². The third-order valence-electron chi connectivity index (χ3n) is 3.14. The van der Waals surface area contributed by atoms with Crippen molar-refractivity contribution in [3.63, 3.8) is 0 Å². The minimum atomic E-state index is 0.0378. The number of fused-ring (bicyclic) bond motifs is 1. The van der Waals surface area contributed by atoms with Crippen molar-refractivity contribution in [2.75, 3.05) is 13.1 Å². The van der Waals surface area contributed by atoms with Crippen molar-refractivity contribution in [2.45, 2.75) is 26.8 Å². The van der Waals surface area contributed by atoms with Crippen LogP contribution in [0.4, 0.5) is 4.79 Å². The van der Waals surface area contributed by atoms with E-state index in [1.54, 1.807) is 0 Å². The number of aryl methyl sites for hydroxylation is 1. The lowest BCUT2D eigenvalue weighted by Gasteiger charge is -2.30. The van der Waals surface area contributed by atoms with E-state index in [1.807, 2.05) is 11.8 Å². The molecule has 0 bridgehead atoms. The fourth-order valence-corrected chi connectivity index (χ4v) is 2.93. The highest BCUT2D eigenvalue weighted by molar-refractivity contribution is 9.10. The van der Waals surface area contributed by atoms with Crippen molar-refractivity contribution in [1.29, 1.82) is 0 Å². The number of nitrogens with one attached hydrogen (secondary N) is 1. The molecule has 2 amide bonds. The summed E-state index contributed by atoms with van der Waals surface area (Å²) in [5.41, 5.74) is 3.97. The normalized spacial score (nSPS) is 14.4. The van der Waals surface area contributed by atoms with Crippen LogP contribution in [-0.4, -0.2) is 24.0 Å². The number of rotatable bonds is 1. The molecule has 0 saturated carbocycles. The molecule has 1 aliphatic rings. The van der Waals surface area contributed by atoms with E-state index >= 15 is 0 Å². The van der Waals surface area contributed by atoms with Crippen LogP contribution < -0.4 is 5.32 Å². The van der Waals surface area contributed by atoms with Gasteiger partial charge in [-0.25, -0.2) is 4.79 Å². The zero-order valence-corrected chi connectivity index (χ0v) is 11.8. The summed E-state index contributed by atoms with van der Waals surface area (Å²) in [6.07, 6.45) is 0.950. The van der Waals surface area contributed by atoms with E-state index in [0.29, 0.717) is 13.1 Å². The van der Waals surface area contributed by atoms with E-state index < -0.39 is 0 Å². The molecule has 0 aliphatic carbocycles. The molecule has 0 unspecified atom stereocenters. The van der Waals surface area contributed by atoms with Gasteiger partial charge in [-0.05, 0) is 49.1 Å². The van der Waals surface area contributed by atoms with Gasteiger partial charge in [-0.3, -0.25) is 0 Å². The predicted molar refractivity (Wildman–Crippen MR) is 72.1 cm³/mol. The molecule has 17 heavy (non-hydrogen) atoms. The average Bonchev–Trinajstić information content (AvgIpc) is 2.28. The smallest absolute Gasteiger partial charge is 0.317 e. The number of hydrogen-bond donors (Lipinski definition) is 1. The van der Waals surface area contributed by atoms with Gasteiger partial charge in [0, 0.05) is 24.1 Å². The molecule has 0 aromatic heterocycles. The summed E-state index contributed by atoms with van der Waals surface area (Å²) < 4.78 is 1.09. The second kappa shape index (κ2) is 5.08. The van der Waals surface area contributed by atoms with Gasteiger partial charge in [0.05, 0.1) is 0 Å². The Balaban J connectivity index is 2.21. The minimum Gasteiger partial charge on any atom is -0.338 e. The van der Waals surface area contributed by atoms with Gasteiger partial charge < -0.3 is 10.2 Å². The molecule has 1 aromatic carbocycles. The first-order chi connectivity index (χ1) is 8.11. The Bertz CT molecular complexity index is 445. The molecule has 1 aliphatic heterocycles. The van der Waals surface area contributed by atoms with Gasteiger partial charge in [-0.1, -0.05) is 15.9 Å². The number of urea groups is 1. The molecule has 0 saturated heterocycles. The number of amides is 2. The highest BCUT2D eigenvalue weighted by atomic mass is 79.9. The largest absolute Gasteiger partial charge is 0.338 e. The van der Waals surface area contributed by atoms with Crippen LogP contribution in [0, 0.1) is 6.92 Å². The molecule has 1 N–H and O–H groups in total. The third-order valence-corrected chi connectivity index (χ3v) is 3.60. The molecular weight excluding hydrogens is 280 g/mol. The molecule has 1 aromatic rings. The van der Waals surface area contributed by atoms with E-state index in [2.05, 4.69) is 40.3 Å². The van der Waals surface area contributed by atoms with Gasteiger partial charge >= 0.3 is 6.03 Å². The Morgan fingerprint density at radius 1 is 1.53 bits per heavy atom. The molecule has 92 valence electrons. The second-order valence-electron chi connectivity index (χ2n) is 4.37. The van der Waals surface area contributed by atoms with Crippen LogP contribution in [0.15, 0.2) is 16.6 Å². The first-order valence-corrected chi connectivity index (χ1v) is 6.71. The van der Waals surface area contributed by atoms with Crippen molar-refractivity contribution in [3.8, 4) is 0 Å². The molecule has 0 radical (unpaired) electrons. The lowest BCUT2D eigenvalue weighted by Crippen LogP contribution is -2.42. The lowest BCUT2D eigenvalue weighted by molar-refractivity contribution is 0.193. The first-order valence-electron chi connectivity index (χ1n) is 5.92. The predicted octanol–water partition coefficient (Wildman–Crippen LogP) is 2.85. The number of hydrogen-bond acceptors (Lipinski definition) is 1. The zero-order chi connectivity index (χ0) is 12.4. The standard InChI is InChI=1S/C13H17BrN2O/c1-3-15-13(17)16-5-4-12-9(2)6-11(14)7-10(12)8-16/h6-7H,3-5,8H2,1-2H3,(H,15,17). The van der Waals surface area contributed by atoms with Crippen LogP contribution in [0.2, 0.25) is 0 Å². The van der Waals surface area contributed by atoms with Crippen LogP contribution >= 0.6 is 15.9 Å². The zero-order valence-electron chi connectivity index (χ0n) is 10.2. The van der Waals surface area contributed by atoms with Gasteiger partial charge in [0.2, 0.25) is 0 Å². The molecule has 4 heteroatoms. The number of halogens is 1. The van der Waals surface area contributed by atoms with Gasteiger partial charge in [0.15, 0.2) is 0 Å². The van der Waals surface area contributed by atoms with Gasteiger partial charge in [-0.2, -0.15) is 0 Å². The van der Waals surface area contributed by atoms with E-state index in [-0.39, 0.29) is 6.03 Å². The monoisotopic (exact) mass is 296 g/mol. The summed E-state index contributed by atoms with van der Waals surface area (Å²) in [4.78, 5) is 13.7. The van der Waals surface area contributed by atoms with Crippen molar-refractivity contribution in [3.05, 3.63) is 33.3 Å². The first kappa shape index (κ1) is 12.4. The topological polar surface area (TPSA) is 32.3 Å². The molecule has 0 fully saturated rings. The maximum Gasteiger partial charge on any atom is 0.317 e. The van der Waals surface area contributed by atoms with E-state index in [9.17, 15) is 4.79 Å². The summed E-state index contributed by atoms with van der Waals surface area (Å²) in [6, 6.07) is 4.30. The molecule has 3 nitrogen and oxygen atoms in total. The molecular formula is C13H17BrN2O. The van der Waals surface area contributed by atoms with Gasteiger partial charge in [0.1, 0.15) is 0 Å². The number of benzene rings is 1. The van der Waals surface area contributed by atoms with Crippen LogP contribution in [0.25, 0.3) is 0 Å². The number of nitrogens with zero attached hydrogens (tertiary/aromatic N) is 1. The minimum absolute atomic E-state index is 0.0378. The third kappa shape index (κ3) is 2.63. The molecule has 0 spiro atoms. The fraction of sp³-hybridized carbons (Fsp3) is 0.462. The van der Waals surface area contributed by atoms with Gasteiger partial charge in [0.25, 0.3) is 0 Å². The van der Waals surface area contributed by atoms with Crippen molar-refractivity contribution >= 4 is 22.0 Å². The Morgan fingerprint density at radius 2 is 2.29 bits per heavy atom. The molecule has 1 heterocycles. The van der Waals surface area contributed by atoms with E-state index in [0.717, 1.165) is 17.4 Å². The SMILES string of the molecule is CCNC(=O)N1CCc2c(C)cc(Br)cc2C1. The Labute approximate surface area is 110 Å². The quantitative estimate of drug-likeness (QED) is 0.849. The van der Waals surface area contributed by atoms with Crippen LogP contribution in [0.3, 0.4) is 0 Å². The van der Waals surface area contributed by atoms with Crippen molar-refractivity contribution in [2.24, 2.45) is 0 Å². The molecule has 0 atom stereocenters. The molecule has 2 rings (SSSR count). The number of carbonyl (C=O) groups is 1. The van der Waals surface area contributed by atoms with Crippen LogP contribution in [-0.2, 0) is 13.0 Å². The highest BCUT2D eigenvalue weighted by Gasteiger charge is 2.21. The van der Waals surface area contributed by atoms with Crippen molar-refractivity contribution < 1.29 is 4.79 Å². The average molecular weight is 297 g/mol. The Kier molecular flexibility index (Phi) is 3.72. The Morgan fingerprint density at radius 3 is 3.00 bits per heavy atom. The highest BCUT2D eigenvalue weighted by Crippen LogP contribution is 2.26. The van der Waals surface area contributed by atoms with E-state index in [1.165, 1.54) is 16.7 Å². The van der Waals surface area contributed by atoms with Crippen LogP contribution in [0.5, 0.6) is 0 Å². The van der Waals surface area contributed by atoms with Gasteiger partial charge in [-0.15, -0.1) is 0 Å². The summed E-state index contributed by atoms with van der Waals surface area (Å²) in [5.74, 6) is 0. The summed E-state index contributed by atoms with van der Waals surface area (Å²) in [7, 11) is 0. The second-order valence-corrected chi connectivity index (χ2v) is 5.28. The summed E-state index contributed by atoms with van der Waals surface area (Å²) in [6.45, 7) is 6.27. The maximum atomic E-state index is 11.8. The lowest BCUT2D eigenvalue weighted by atomic mass is 9.95. The summed E-state index contributed by atoms with van der Waals surface area (Å²) >= 11 is 3.51. The maximum absolute atomic E-state index is 11.8.